The summed E-state index contributed by atoms with van der Waals surface area (Å²) in [6.07, 6.45) is 3.88. The molecule has 0 unspecified atom stereocenters. The Morgan fingerprint density at radius 1 is 1.08 bits per heavy atom. The number of fused-ring (bicyclic) bond motifs is 4. The van der Waals surface area contributed by atoms with Gasteiger partial charge in [-0.2, -0.15) is 0 Å². The molecular weight excluding hydrogens is 336 g/mol. The van der Waals surface area contributed by atoms with Crippen LogP contribution < -0.4 is 5.32 Å². The number of anilines is 2. The minimum Gasteiger partial charge on any atom is -0.361 e. The van der Waals surface area contributed by atoms with Gasteiger partial charge in [-0.3, -0.25) is 0 Å². The van der Waals surface area contributed by atoms with Crippen LogP contribution in [0.25, 0.3) is 21.8 Å². The second kappa shape index (κ2) is 5.03. The van der Waals surface area contributed by atoms with Crippen LogP contribution in [0.15, 0.2) is 53.8 Å². The van der Waals surface area contributed by atoms with Crippen molar-refractivity contribution in [1.29, 1.82) is 0 Å². The second-order valence-electron chi connectivity index (χ2n) is 6.10. The van der Waals surface area contributed by atoms with Gasteiger partial charge in [-0.05, 0) is 42.3 Å². The van der Waals surface area contributed by atoms with Crippen LogP contribution >= 0.6 is 0 Å². The van der Waals surface area contributed by atoms with Gasteiger partial charge in [0, 0.05) is 28.2 Å². The van der Waals surface area contributed by atoms with Crippen LogP contribution in [0.4, 0.5) is 11.5 Å². The standard InChI is InChI=1S/C18H14N4O2S/c23-25(24)9-7-12-16(25)5-4-15-17(12)18(21-10-20-15)22-14-3-1-2-13-11(14)6-8-19-13/h1-6,8,10,19H,7,9H2,(H,20,21,22). The molecule has 7 heteroatoms. The van der Waals surface area contributed by atoms with Crippen molar-refractivity contribution in [1.82, 2.24) is 15.0 Å². The highest BCUT2D eigenvalue weighted by molar-refractivity contribution is 7.91. The van der Waals surface area contributed by atoms with Crippen LogP contribution in [0.1, 0.15) is 5.56 Å². The number of rotatable bonds is 2. The minimum absolute atomic E-state index is 0.142. The molecule has 0 amide bonds. The Morgan fingerprint density at radius 3 is 2.92 bits per heavy atom. The SMILES string of the molecule is O=S1(=O)CCc2c1ccc1ncnc(Nc3cccc4[nH]ccc34)c21. The number of aromatic nitrogens is 3. The monoisotopic (exact) mass is 350 g/mol. The Kier molecular flexibility index (Phi) is 2.90. The first-order valence-corrected chi connectivity index (χ1v) is 9.61. The van der Waals surface area contributed by atoms with Gasteiger partial charge in [0.2, 0.25) is 0 Å². The Balaban J connectivity index is 1.75. The predicted molar refractivity (Wildman–Crippen MR) is 96.9 cm³/mol. The molecule has 3 heterocycles. The molecule has 0 atom stereocenters. The quantitative estimate of drug-likeness (QED) is 0.580. The van der Waals surface area contributed by atoms with E-state index in [1.807, 2.05) is 30.5 Å². The summed E-state index contributed by atoms with van der Waals surface area (Å²) >= 11 is 0. The van der Waals surface area contributed by atoms with Gasteiger partial charge in [-0.1, -0.05) is 6.07 Å². The number of nitrogens with one attached hydrogen (secondary N) is 2. The lowest BCUT2D eigenvalue weighted by Gasteiger charge is -2.12. The molecule has 0 saturated carbocycles. The molecular formula is C18H14N4O2S. The average molecular weight is 350 g/mol. The van der Waals surface area contributed by atoms with Crippen LogP contribution in [0.3, 0.4) is 0 Å². The van der Waals surface area contributed by atoms with E-state index in [1.165, 1.54) is 6.33 Å². The minimum atomic E-state index is -3.20. The van der Waals surface area contributed by atoms with Gasteiger partial charge >= 0.3 is 0 Å². The zero-order valence-electron chi connectivity index (χ0n) is 13.2. The number of sulfone groups is 1. The summed E-state index contributed by atoms with van der Waals surface area (Å²) in [6, 6.07) is 11.3. The van der Waals surface area contributed by atoms with E-state index in [4.69, 9.17) is 0 Å². The van der Waals surface area contributed by atoms with Crippen molar-refractivity contribution in [3.63, 3.8) is 0 Å². The Morgan fingerprint density at radius 2 is 2.00 bits per heavy atom. The Hall–Kier alpha value is -2.93. The van der Waals surface area contributed by atoms with E-state index in [0.29, 0.717) is 17.1 Å². The largest absolute Gasteiger partial charge is 0.361 e. The Labute approximate surface area is 143 Å². The highest BCUT2D eigenvalue weighted by Crippen LogP contribution is 2.36. The summed E-state index contributed by atoms with van der Waals surface area (Å²) in [7, 11) is -3.20. The first kappa shape index (κ1) is 14.4. The number of hydrogen-bond acceptors (Lipinski definition) is 5. The van der Waals surface area contributed by atoms with Crippen LogP contribution in [-0.4, -0.2) is 29.1 Å². The van der Waals surface area contributed by atoms with Crippen molar-refractivity contribution < 1.29 is 8.42 Å². The van der Waals surface area contributed by atoms with E-state index in [1.54, 1.807) is 12.1 Å². The van der Waals surface area contributed by atoms with E-state index in [0.717, 1.165) is 33.1 Å². The molecule has 6 nitrogen and oxygen atoms in total. The molecule has 0 aliphatic carbocycles. The van der Waals surface area contributed by atoms with E-state index >= 15 is 0 Å². The molecule has 0 radical (unpaired) electrons. The fourth-order valence-electron chi connectivity index (χ4n) is 3.50. The van der Waals surface area contributed by atoms with E-state index in [-0.39, 0.29) is 5.75 Å². The highest BCUT2D eigenvalue weighted by Gasteiger charge is 2.29. The summed E-state index contributed by atoms with van der Waals surface area (Å²) < 4.78 is 24.5. The fourth-order valence-corrected chi connectivity index (χ4v) is 5.05. The summed E-state index contributed by atoms with van der Waals surface area (Å²) in [5.74, 6) is 0.774. The van der Waals surface area contributed by atoms with Crippen molar-refractivity contribution in [2.75, 3.05) is 11.1 Å². The molecule has 4 aromatic rings. The molecule has 0 bridgehead atoms. The van der Waals surface area contributed by atoms with E-state index in [2.05, 4.69) is 20.3 Å². The molecule has 1 aliphatic heterocycles. The number of nitrogens with zero attached hydrogens (tertiary/aromatic N) is 2. The van der Waals surface area contributed by atoms with Gasteiger partial charge in [0.25, 0.3) is 0 Å². The normalized spacial score (nSPS) is 15.5. The molecule has 5 rings (SSSR count). The maximum Gasteiger partial charge on any atom is 0.179 e. The molecule has 0 saturated heterocycles. The van der Waals surface area contributed by atoms with Gasteiger partial charge in [-0.25, -0.2) is 18.4 Å². The van der Waals surface area contributed by atoms with Gasteiger partial charge in [-0.15, -0.1) is 0 Å². The third kappa shape index (κ3) is 2.12. The summed E-state index contributed by atoms with van der Waals surface area (Å²) in [5.41, 5.74) is 3.49. The average Bonchev–Trinajstić information content (AvgIpc) is 3.20. The number of aromatic amines is 1. The molecule has 0 fully saturated rings. The van der Waals surface area contributed by atoms with Crippen molar-refractivity contribution in [2.45, 2.75) is 11.3 Å². The number of H-pyrrole nitrogens is 1. The van der Waals surface area contributed by atoms with Gasteiger partial charge < -0.3 is 10.3 Å². The van der Waals surface area contributed by atoms with Gasteiger partial charge in [0.1, 0.15) is 12.1 Å². The van der Waals surface area contributed by atoms with Crippen molar-refractivity contribution in [3.8, 4) is 0 Å². The first-order valence-electron chi connectivity index (χ1n) is 7.96. The maximum atomic E-state index is 12.2. The third-order valence-corrected chi connectivity index (χ3v) is 6.47. The molecule has 1 aliphatic rings. The zero-order chi connectivity index (χ0) is 17.0. The molecule has 2 aromatic carbocycles. The maximum absolute atomic E-state index is 12.2. The van der Waals surface area contributed by atoms with Crippen LogP contribution in [0.5, 0.6) is 0 Å². The van der Waals surface area contributed by atoms with E-state index in [9.17, 15) is 8.42 Å². The van der Waals surface area contributed by atoms with E-state index < -0.39 is 9.84 Å². The molecule has 2 aromatic heterocycles. The lowest BCUT2D eigenvalue weighted by Crippen LogP contribution is -2.00. The molecule has 25 heavy (non-hydrogen) atoms. The van der Waals surface area contributed by atoms with Crippen LogP contribution in [0, 0.1) is 0 Å². The predicted octanol–water partition coefficient (Wildman–Crippen LogP) is 3.18. The highest BCUT2D eigenvalue weighted by atomic mass is 32.2. The van der Waals surface area contributed by atoms with Gasteiger partial charge in [0.05, 0.1) is 16.2 Å². The zero-order valence-corrected chi connectivity index (χ0v) is 14.0. The van der Waals surface area contributed by atoms with Crippen LogP contribution in [-0.2, 0) is 16.3 Å². The smallest absolute Gasteiger partial charge is 0.179 e. The molecule has 0 spiro atoms. The second-order valence-corrected chi connectivity index (χ2v) is 8.17. The summed E-state index contributed by atoms with van der Waals surface area (Å²) in [6.45, 7) is 0. The van der Waals surface area contributed by atoms with Crippen LogP contribution in [0.2, 0.25) is 0 Å². The summed E-state index contributed by atoms with van der Waals surface area (Å²) in [5, 5.41) is 5.20. The first-order chi connectivity index (χ1) is 12.1. The van der Waals surface area contributed by atoms with Gasteiger partial charge in [0.15, 0.2) is 9.84 Å². The van der Waals surface area contributed by atoms with Crippen molar-refractivity contribution >= 4 is 43.1 Å². The fraction of sp³-hybridized carbons (Fsp3) is 0.111. The lowest BCUT2D eigenvalue weighted by molar-refractivity contribution is 0.600. The number of benzene rings is 2. The Bertz CT molecular complexity index is 1240. The number of aryl methyl sites for hydroxylation is 1. The molecule has 2 N–H and O–H groups in total. The molecule has 124 valence electrons. The van der Waals surface area contributed by atoms with Crippen molar-refractivity contribution in [2.24, 2.45) is 0 Å². The number of hydrogen-bond donors (Lipinski definition) is 2. The van der Waals surface area contributed by atoms with Crippen molar-refractivity contribution in [3.05, 3.63) is 54.5 Å². The summed E-state index contributed by atoms with van der Waals surface area (Å²) in [4.78, 5) is 12.3. The third-order valence-electron chi connectivity index (χ3n) is 4.67. The topological polar surface area (TPSA) is 87.7 Å². The lowest BCUT2D eigenvalue weighted by atomic mass is 10.1.